The number of nitrogens with two attached hydrogens (primary N) is 1. The number of nitrogen functional groups attached to an aromatic ring is 1. The van der Waals surface area contributed by atoms with Crippen molar-refractivity contribution in [1.29, 1.82) is 0 Å². The predicted octanol–water partition coefficient (Wildman–Crippen LogP) is 4.84. The van der Waals surface area contributed by atoms with Crippen LogP contribution in [0.5, 0.6) is 0 Å². The molecule has 3 aliphatic rings. The first kappa shape index (κ1) is 36.0. The highest BCUT2D eigenvalue weighted by atomic mass is 19.4. The molecule has 0 saturated heterocycles. The lowest BCUT2D eigenvalue weighted by Crippen LogP contribution is -2.35. The summed E-state index contributed by atoms with van der Waals surface area (Å²) in [6, 6.07) is 6.72. The summed E-state index contributed by atoms with van der Waals surface area (Å²) >= 11 is 0. The van der Waals surface area contributed by atoms with Gasteiger partial charge in [0.05, 0.1) is 11.4 Å². The fourth-order valence-electron chi connectivity index (χ4n) is 7.29. The van der Waals surface area contributed by atoms with Gasteiger partial charge < -0.3 is 16.2 Å². The Morgan fingerprint density at radius 2 is 1.85 bits per heavy atom. The van der Waals surface area contributed by atoms with Crippen molar-refractivity contribution in [3.8, 4) is 11.8 Å². The largest absolute Gasteiger partial charge is 0.435 e. The zero-order chi connectivity index (χ0) is 38.2. The van der Waals surface area contributed by atoms with E-state index in [4.69, 9.17) is 5.73 Å². The fourth-order valence-corrected chi connectivity index (χ4v) is 7.29. The molecule has 2 aromatic heterocycles. The van der Waals surface area contributed by atoms with Gasteiger partial charge in [-0.05, 0) is 85.7 Å². The number of halogens is 7. The summed E-state index contributed by atoms with van der Waals surface area (Å²) in [5.41, 5.74) is 3.26. The Morgan fingerprint density at radius 1 is 1.13 bits per heavy atom. The molecule has 2 heterocycles. The number of anilines is 1. The van der Waals surface area contributed by atoms with Crippen LogP contribution in [0.1, 0.15) is 77.4 Å². The number of hydrogen-bond donors (Lipinski definition) is 3. The minimum atomic E-state index is -5.03. The number of carbonyl (C=O) groups excluding carboxylic acids is 1. The van der Waals surface area contributed by atoms with Crippen molar-refractivity contribution in [2.75, 3.05) is 5.73 Å². The van der Waals surface area contributed by atoms with Crippen molar-refractivity contribution >= 4 is 23.9 Å². The number of nitrogens with one attached hydrogen (secondary N) is 1. The molecule has 0 bridgehead atoms. The predicted molar refractivity (Wildman–Crippen MR) is 180 cm³/mol. The molecule has 0 aliphatic heterocycles. The third kappa shape index (κ3) is 6.95. The van der Waals surface area contributed by atoms with Gasteiger partial charge in [0.1, 0.15) is 29.5 Å². The third-order valence-corrected chi connectivity index (χ3v) is 9.60. The van der Waals surface area contributed by atoms with Gasteiger partial charge in [0, 0.05) is 41.3 Å². The Morgan fingerprint density at radius 3 is 2.53 bits per heavy atom. The Kier molecular flexibility index (Phi) is 8.60. The second-order valence-corrected chi connectivity index (χ2v) is 14.1. The maximum Gasteiger partial charge on any atom is 0.435 e. The highest BCUT2D eigenvalue weighted by Gasteiger charge is 2.68. The maximum atomic E-state index is 15.3. The number of carbonyl (C=O) groups is 1. The number of aliphatic hydroxyl groups is 1. The number of aryl methyl sites for hydroxylation is 1. The van der Waals surface area contributed by atoms with E-state index in [1.54, 1.807) is 42.1 Å². The van der Waals surface area contributed by atoms with E-state index in [-0.39, 0.29) is 18.4 Å². The normalized spacial score (nSPS) is 20.2. The van der Waals surface area contributed by atoms with E-state index in [0.717, 1.165) is 12.1 Å². The highest BCUT2D eigenvalue weighted by Crippen LogP contribution is 2.68. The van der Waals surface area contributed by atoms with Crippen molar-refractivity contribution < 1.29 is 40.6 Å². The van der Waals surface area contributed by atoms with Gasteiger partial charge in [0.2, 0.25) is 5.91 Å². The lowest BCUT2D eigenvalue weighted by molar-refractivity contribution is -0.142. The molecule has 1 unspecified atom stereocenters. The highest BCUT2D eigenvalue weighted by molar-refractivity contribution is 5.77. The molecule has 4 aromatic rings. The summed E-state index contributed by atoms with van der Waals surface area (Å²) < 4.78 is 104. The standard InChI is InChI=1S/C38H33F7N6O2/c1-36(2,53)10-9-19-7-8-24(21-5-4-6-25-30(15-21)50(3)49-35(25)46)26(13-19)29(14-20-11-22(39)16-23(40)12-20)47-31(52)18-51-34-32(33(48-51)38(43,44)45)27-17-28(27)37(34,41)42/h4-8,11-13,15-16,21,27-29,53H,14,17-18H2,1-3H3,(H2,46,49)(H,47,52)/t21?,27-,28+,29-/m0/s1. The molecule has 7 rings (SSSR count). The van der Waals surface area contributed by atoms with Crippen LogP contribution in [-0.4, -0.2) is 36.2 Å². The maximum absolute atomic E-state index is 15.3. The summed E-state index contributed by atoms with van der Waals surface area (Å²) in [6.07, 6.45) is 1.91. The molecule has 4 atom stereocenters. The SMILES string of the molecule is Cn1nc(N)c2c1=CC(c1ccc(C#CC(C)(C)O)cc1[C@H](Cc1cc(F)cc(F)c1)NC(=O)Cn1nc(C(F)(F)F)c3c1C(F)(F)[C@@H]1C[C@H]31)C=CC=2. The summed E-state index contributed by atoms with van der Waals surface area (Å²) in [7, 11) is 1.71. The molecule has 2 aromatic carbocycles. The number of hydrogen-bond acceptors (Lipinski definition) is 5. The third-order valence-electron chi connectivity index (χ3n) is 9.60. The lowest BCUT2D eigenvalue weighted by atomic mass is 9.86. The molecule has 15 heteroatoms. The van der Waals surface area contributed by atoms with Crippen LogP contribution in [-0.2, 0) is 36.9 Å². The molecular weight excluding hydrogens is 705 g/mol. The quantitative estimate of drug-likeness (QED) is 0.186. The van der Waals surface area contributed by atoms with Crippen molar-refractivity contribution in [3.05, 3.63) is 110 Å². The van der Waals surface area contributed by atoms with Gasteiger partial charge in [-0.2, -0.15) is 32.1 Å². The average molecular weight is 739 g/mol. The van der Waals surface area contributed by atoms with Gasteiger partial charge >= 0.3 is 6.18 Å². The van der Waals surface area contributed by atoms with Crippen LogP contribution in [0.25, 0.3) is 12.2 Å². The number of rotatable bonds is 7. The van der Waals surface area contributed by atoms with E-state index in [0.29, 0.717) is 43.8 Å². The number of allylic oxidation sites excluding steroid dienone is 2. The second-order valence-electron chi connectivity index (χ2n) is 14.1. The Labute approximate surface area is 298 Å². The Bertz CT molecular complexity index is 2360. The zero-order valence-corrected chi connectivity index (χ0v) is 28.6. The summed E-state index contributed by atoms with van der Waals surface area (Å²) in [5, 5.41) is 22.1. The molecule has 8 nitrogen and oxygen atoms in total. The van der Waals surface area contributed by atoms with Gasteiger partial charge in [-0.25, -0.2) is 8.78 Å². The number of aromatic nitrogens is 4. The zero-order valence-electron chi connectivity index (χ0n) is 28.6. The monoisotopic (exact) mass is 738 g/mol. The molecule has 276 valence electrons. The molecule has 1 fully saturated rings. The summed E-state index contributed by atoms with van der Waals surface area (Å²) in [4.78, 5) is 13.8. The van der Waals surface area contributed by atoms with E-state index < -0.39 is 82.5 Å². The topological polar surface area (TPSA) is 111 Å². The van der Waals surface area contributed by atoms with Gasteiger partial charge in [0.25, 0.3) is 5.92 Å². The van der Waals surface area contributed by atoms with Crippen LogP contribution >= 0.6 is 0 Å². The minimum absolute atomic E-state index is 0.111. The smallest absolute Gasteiger partial charge is 0.382 e. The molecule has 0 radical (unpaired) electrons. The van der Waals surface area contributed by atoms with Crippen LogP contribution in [0.3, 0.4) is 0 Å². The first-order valence-corrected chi connectivity index (χ1v) is 16.7. The number of fused-ring (bicyclic) bond motifs is 4. The first-order valence-electron chi connectivity index (χ1n) is 16.7. The van der Waals surface area contributed by atoms with Crippen LogP contribution < -0.4 is 21.6 Å². The van der Waals surface area contributed by atoms with Crippen molar-refractivity contribution in [2.45, 2.75) is 68.8 Å². The van der Waals surface area contributed by atoms with E-state index in [9.17, 15) is 31.9 Å². The molecule has 1 saturated carbocycles. The molecule has 4 N–H and O–H groups in total. The first-order chi connectivity index (χ1) is 24.8. The molecule has 1 amide bonds. The van der Waals surface area contributed by atoms with E-state index >= 15 is 8.78 Å². The van der Waals surface area contributed by atoms with Crippen LogP contribution in [0.2, 0.25) is 0 Å². The van der Waals surface area contributed by atoms with Gasteiger partial charge in [-0.15, -0.1) is 0 Å². The van der Waals surface area contributed by atoms with E-state index in [2.05, 4.69) is 27.4 Å². The minimum Gasteiger partial charge on any atom is -0.382 e. The average Bonchev–Trinajstić information content (AvgIpc) is 3.69. The van der Waals surface area contributed by atoms with Crippen molar-refractivity contribution in [1.82, 2.24) is 24.9 Å². The Hall–Kier alpha value is -5.36. The Balaban J connectivity index is 1.34. The van der Waals surface area contributed by atoms with Gasteiger partial charge in [-0.1, -0.05) is 30.1 Å². The van der Waals surface area contributed by atoms with E-state index in [1.807, 2.05) is 12.2 Å². The molecule has 3 aliphatic carbocycles. The second kappa shape index (κ2) is 12.6. The number of nitrogens with zero attached hydrogens (tertiary/aromatic N) is 4. The number of amides is 1. The molecular formula is C38H33F7N6O2. The lowest BCUT2D eigenvalue weighted by Gasteiger charge is -2.25. The van der Waals surface area contributed by atoms with Gasteiger partial charge in [-0.3, -0.25) is 14.2 Å². The number of alkyl halides is 5. The molecule has 0 spiro atoms. The van der Waals surface area contributed by atoms with Crippen molar-refractivity contribution in [2.24, 2.45) is 13.0 Å². The van der Waals surface area contributed by atoms with Crippen LogP contribution in [0, 0.1) is 29.4 Å². The van der Waals surface area contributed by atoms with E-state index in [1.165, 1.54) is 13.8 Å². The fraction of sp³-hybridized carbons (Fsp3) is 0.342. The van der Waals surface area contributed by atoms with Gasteiger partial charge in [0.15, 0.2) is 11.5 Å². The summed E-state index contributed by atoms with van der Waals surface area (Å²) in [6.45, 7) is 1.98. The van der Waals surface area contributed by atoms with Crippen LogP contribution in [0.4, 0.5) is 36.6 Å². The van der Waals surface area contributed by atoms with Crippen molar-refractivity contribution in [3.63, 3.8) is 0 Å². The molecule has 53 heavy (non-hydrogen) atoms. The van der Waals surface area contributed by atoms with Crippen LogP contribution in [0.15, 0.2) is 48.6 Å². The summed E-state index contributed by atoms with van der Waals surface area (Å²) in [5.74, 6) is -3.29. The number of benzene rings is 2.